The number of aliphatic hydroxyl groups excluding tert-OH is 1. The maximum absolute atomic E-state index is 10.2. The molecule has 1 aromatic heterocycles. The van der Waals surface area contributed by atoms with Crippen LogP contribution in [0.25, 0.3) is 0 Å². The largest absolute Gasteiger partial charge is 0.481 e. The highest BCUT2D eigenvalue weighted by molar-refractivity contribution is 5.27. The zero-order chi connectivity index (χ0) is 11.4. The molecular weight excluding hydrogens is 202 g/mol. The Kier molecular flexibility index (Phi) is 3.78. The lowest BCUT2D eigenvalue weighted by Crippen LogP contribution is -2.06. The molecule has 0 spiro atoms. The monoisotopic (exact) mass is 221 g/mol. The van der Waals surface area contributed by atoms with E-state index in [0.29, 0.717) is 11.8 Å². The van der Waals surface area contributed by atoms with Gasteiger partial charge in [0.2, 0.25) is 5.88 Å². The second-order valence-electron chi connectivity index (χ2n) is 4.50. The van der Waals surface area contributed by atoms with E-state index in [4.69, 9.17) is 4.74 Å². The molecule has 0 aliphatic heterocycles. The number of nitrogens with zero attached hydrogens (tertiary/aromatic N) is 1. The molecule has 1 aliphatic carbocycles. The van der Waals surface area contributed by atoms with Crippen LogP contribution in [-0.4, -0.2) is 17.2 Å². The number of aliphatic hydroxyl groups is 1. The number of rotatable bonds is 4. The fourth-order valence-corrected chi connectivity index (χ4v) is 2.52. The van der Waals surface area contributed by atoms with E-state index in [2.05, 4.69) is 4.98 Å². The van der Waals surface area contributed by atoms with E-state index in [-0.39, 0.29) is 0 Å². The van der Waals surface area contributed by atoms with E-state index in [1.54, 1.807) is 13.3 Å². The molecule has 3 nitrogen and oxygen atoms in total. The SMILES string of the molecule is COc1ncccc1C(O)CC1CCCC1. The van der Waals surface area contributed by atoms with Gasteiger partial charge in [-0.05, 0) is 24.5 Å². The third kappa shape index (κ3) is 2.53. The summed E-state index contributed by atoms with van der Waals surface area (Å²) in [4.78, 5) is 4.11. The minimum Gasteiger partial charge on any atom is -0.481 e. The van der Waals surface area contributed by atoms with Crippen LogP contribution in [0.5, 0.6) is 5.88 Å². The maximum atomic E-state index is 10.2. The lowest BCUT2D eigenvalue weighted by atomic mass is 9.96. The maximum Gasteiger partial charge on any atom is 0.218 e. The molecule has 0 saturated heterocycles. The Bertz CT molecular complexity index is 334. The smallest absolute Gasteiger partial charge is 0.218 e. The Labute approximate surface area is 96.5 Å². The van der Waals surface area contributed by atoms with Crippen molar-refractivity contribution in [2.75, 3.05) is 7.11 Å². The Hall–Kier alpha value is -1.09. The van der Waals surface area contributed by atoms with Gasteiger partial charge in [0.05, 0.1) is 13.2 Å². The van der Waals surface area contributed by atoms with E-state index < -0.39 is 6.10 Å². The van der Waals surface area contributed by atoms with E-state index in [0.717, 1.165) is 12.0 Å². The molecule has 1 atom stereocenters. The van der Waals surface area contributed by atoms with Crippen molar-refractivity contribution in [3.05, 3.63) is 23.9 Å². The van der Waals surface area contributed by atoms with Crippen molar-refractivity contribution in [1.29, 1.82) is 0 Å². The van der Waals surface area contributed by atoms with Crippen molar-refractivity contribution in [3.8, 4) is 5.88 Å². The molecule has 0 radical (unpaired) electrons. The van der Waals surface area contributed by atoms with E-state index >= 15 is 0 Å². The summed E-state index contributed by atoms with van der Waals surface area (Å²) in [6, 6.07) is 3.74. The minimum absolute atomic E-state index is 0.438. The molecule has 3 heteroatoms. The average Bonchev–Trinajstić information content (AvgIpc) is 2.81. The fraction of sp³-hybridized carbons (Fsp3) is 0.615. The Morgan fingerprint density at radius 1 is 1.50 bits per heavy atom. The van der Waals surface area contributed by atoms with Gasteiger partial charge in [-0.1, -0.05) is 25.7 Å². The summed E-state index contributed by atoms with van der Waals surface area (Å²) in [5.41, 5.74) is 0.817. The van der Waals surface area contributed by atoms with Gasteiger partial charge < -0.3 is 9.84 Å². The molecule has 1 fully saturated rings. The summed E-state index contributed by atoms with van der Waals surface area (Å²) in [6.45, 7) is 0. The molecule has 0 amide bonds. The first-order chi connectivity index (χ1) is 7.81. The molecule has 1 aromatic rings. The first-order valence-corrected chi connectivity index (χ1v) is 5.98. The highest BCUT2D eigenvalue weighted by atomic mass is 16.5. The Morgan fingerprint density at radius 2 is 2.25 bits per heavy atom. The van der Waals surface area contributed by atoms with Crippen LogP contribution in [0.15, 0.2) is 18.3 Å². The zero-order valence-electron chi connectivity index (χ0n) is 9.72. The van der Waals surface area contributed by atoms with Crippen LogP contribution in [0, 0.1) is 5.92 Å². The van der Waals surface area contributed by atoms with Crippen LogP contribution in [0.2, 0.25) is 0 Å². The van der Waals surface area contributed by atoms with Crippen molar-refractivity contribution in [1.82, 2.24) is 4.98 Å². The van der Waals surface area contributed by atoms with Crippen LogP contribution >= 0.6 is 0 Å². The average molecular weight is 221 g/mol. The quantitative estimate of drug-likeness (QED) is 0.850. The van der Waals surface area contributed by atoms with Gasteiger partial charge in [-0.15, -0.1) is 0 Å². The molecule has 1 unspecified atom stereocenters. The van der Waals surface area contributed by atoms with E-state index in [9.17, 15) is 5.11 Å². The predicted molar refractivity (Wildman–Crippen MR) is 62.3 cm³/mol. The lowest BCUT2D eigenvalue weighted by molar-refractivity contribution is 0.140. The van der Waals surface area contributed by atoms with Gasteiger partial charge in [-0.2, -0.15) is 0 Å². The standard InChI is InChI=1S/C13H19NO2/c1-16-13-11(7-4-8-14-13)12(15)9-10-5-2-3-6-10/h4,7-8,10,12,15H,2-3,5-6,9H2,1H3. The Morgan fingerprint density at radius 3 is 2.94 bits per heavy atom. The van der Waals surface area contributed by atoms with Crippen LogP contribution in [0.3, 0.4) is 0 Å². The summed E-state index contributed by atoms with van der Waals surface area (Å²) < 4.78 is 5.16. The molecular formula is C13H19NO2. The van der Waals surface area contributed by atoms with Crippen molar-refractivity contribution in [2.45, 2.75) is 38.2 Å². The molecule has 1 aliphatic rings. The fourth-order valence-electron chi connectivity index (χ4n) is 2.52. The van der Waals surface area contributed by atoms with Gasteiger partial charge in [0.15, 0.2) is 0 Å². The Balaban J connectivity index is 2.04. The van der Waals surface area contributed by atoms with Crippen LogP contribution in [0.1, 0.15) is 43.8 Å². The zero-order valence-corrected chi connectivity index (χ0v) is 9.72. The molecule has 0 aromatic carbocycles. The number of hydrogen-bond acceptors (Lipinski definition) is 3. The van der Waals surface area contributed by atoms with Gasteiger partial charge in [-0.25, -0.2) is 4.98 Å². The van der Waals surface area contributed by atoms with Crippen LogP contribution < -0.4 is 4.74 Å². The number of pyridine rings is 1. The van der Waals surface area contributed by atoms with Gasteiger partial charge in [0, 0.05) is 11.8 Å². The molecule has 0 bridgehead atoms. The normalized spacial score (nSPS) is 18.6. The van der Waals surface area contributed by atoms with Crippen molar-refractivity contribution >= 4 is 0 Å². The molecule has 16 heavy (non-hydrogen) atoms. The lowest BCUT2D eigenvalue weighted by Gasteiger charge is -2.17. The summed E-state index contributed by atoms with van der Waals surface area (Å²) in [6.07, 6.45) is 7.20. The molecule has 1 heterocycles. The van der Waals surface area contributed by atoms with Gasteiger partial charge in [-0.3, -0.25) is 0 Å². The van der Waals surface area contributed by atoms with Crippen LogP contribution in [-0.2, 0) is 0 Å². The molecule has 88 valence electrons. The summed E-state index contributed by atoms with van der Waals surface area (Å²) in [7, 11) is 1.59. The number of aromatic nitrogens is 1. The predicted octanol–water partition coefficient (Wildman–Crippen LogP) is 2.70. The topological polar surface area (TPSA) is 42.4 Å². The second kappa shape index (κ2) is 5.30. The van der Waals surface area contributed by atoms with Crippen LogP contribution in [0.4, 0.5) is 0 Å². The summed E-state index contributed by atoms with van der Waals surface area (Å²) in [5.74, 6) is 1.22. The minimum atomic E-state index is -0.438. The van der Waals surface area contributed by atoms with Gasteiger partial charge >= 0.3 is 0 Å². The number of ether oxygens (including phenoxy) is 1. The van der Waals surface area contributed by atoms with Crippen molar-refractivity contribution in [2.24, 2.45) is 5.92 Å². The third-order valence-electron chi connectivity index (χ3n) is 3.38. The van der Waals surface area contributed by atoms with Crippen molar-refractivity contribution in [3.63, 3.8) is 0 Å². The number of methoxy groups -OCH3 is 1. The molecule has 1 N–H and O–H groups in total. The first-order valence-electron chi connectivity index (χ1n) is 5.98. The molecule has 2 rings (SSSR count). The van der Waals surface area contributed by atoms with Gasteiger partial charge in [0.1, 0.15) is 0 Å². The summed E-state index contributed by atoms with van der Waals surface area (Å²) in [5, 5.41) is 10.2. The molecule has 1 saturated carbocycles. The third-order valence-corrected chi connectivity index (χ3v) is 3.38. The van der Waals surface area contributed by atoms with E-state index in [1.807, 2.05) is 12.1 Å². The van der Waals surface area contributed by atoms with Crippen molar-refractivity contribution < 1.29 is 9.84 Å². The highest BCUT2D eigenvalue weighted by Crippen LogP contribution is 2.34. The van der Waals surface area contributed by atoms with Gasteiger partial charge in [0.25, 0.3) is 0 Å². The highest BCUT2D eigenvalue weighted by Gasteiger charge is 2.21. The number of hydrogen-bond donors (Lipinski definition) is 1. The second-order valence-corrected chi connectivity index (χ2v) is 4.50. The summed E-state index contributed by atoms with van der Waals surface area (Å²) >= 11 is 0. The van der Waals surface area contributed by atoms with E-state index in [1.165, 1.54) is 25.7 Å². The first kappa shape index (κ1) is 11.4.